The fourth-order valence-corrected chi connectivity index (χ4v) is 1.77. The SMILES string of the molecule is CC(C)C(CCN)CCc1n[nH]c(=O)[nH]1. The van der Waals surface area contributed by atoms with E-state index in [1.54, 1.807) is 0 Å². The average Bonchev–Trinajstić information content (AvgIpc) is 2.58. The molecule has 0 bridgehead atoms. The Bertz CT molecular complexity index is 328. The van der Waals surface area contributed by atoms with Gasteiger partial charge in [0, 0.05) is 6.42 Å². The Kier molecular flexibility index (Phi) is 4.55. The Morgan fingerprint density at radius 3 is 2.60 bits per heavy atom. The van der Waals surface area contributed by atoms with Gasteiger partial charge in [-0.3, -0.25) is 4.98 Å². The molecule has 0 amide bonds. The minimum atomic E-state index is -0.232. The van der Waals surface area contributed by atoms with Gasteiger partial charge in [0.15, 0.2) is 0 Å². The number of hydrogen-bond acceptors (Lipinski definition) is 3. The lowest BCUT2D eigenvalue weighted by atomic mass is 9.88. The Morgan fingerprint density at radius 2 is 2.13 bits per heavy atom. The first-order valence-corrected chi connectivity index (χ1v) is 5.47. The third-order valence-corrected chi connectivity index (χ3v) is 2.78. The fraction of sp³-hybridized carbons (Fsp3) is 0.800. The Hall–Kier alpha value is -1.10. The molecule has 0 aliphatic rings. The molecule has 0 fully saturated rings. The smallest absolute Gasteiger partial charge is 0.330 e. The van der Waals surface area contributed by atoms with E-state index < -0.39 is 0 Å². The van der Waals surface area contributed by atoms with E-state index in [1.807, 2.05) is 0 Å². The number of nitrogens with zero attached hydrogens (tertiary/aromatic N) is 1. The quantitative estimate of drug-likeness (QED) is 0.647. The molecule has 1 heterocycles. The number of H-pyrrole nitrogens is 2. The standard InChI is InChI=1S/C10H20N4O/c1-7(2)8(5-6-11)3-4-9-12-10(15)14-13-9/h7-8H,3-6,11H2,1-2H3,(H2,12,13,14,15). The second-order valence-corrected chi connectivity index (χ2v) is 4.24. The molecule has 0 aliphatic heterocycles. The van der Waals surface area contributed by atoms with Crippen molar-refractivity contribution in [1.29, 1.82) is 0 Å². The highest BCUT2D eigenvalue weighted by atomic mass is 16.1. The van der Waals surface area contributed by atoms with E-state index >= 15 is 0 Å². The molecule has 0 aromatic carbocycles. The summed E-state index contributed by atoms with van der Waals surface area (Å²) in [6.45, 7) is 5.13. The van der Waals surface area contributed by atoms with Gasteiger partial charge in [-0.15, -0.1) is 0 Å². The minimum absolute atomic E-state index is 0.232. The molecule has 5 heteroatoms. The summed E-state index contributed by atoms with van der Waals surface area (Å²) in [5, 5.41) is 6.25. The van der Waals surface area contributed by atoms with Gasteiger partial charge < -0.3 is 5.73 Å². The second kappa shape index (κ2) is 5.70. The second-order valence-electron chi connectivity index (χ2n) is 4.24. The van der Waals surface area contributed by atoms with Crippen molar-refractivity contribution in [2.45, 2.75) is 33.1 Å². The first-order chi connectivity index (χ1) is 7.13. The van der Waals surface area contributed by atoms with Crippen LogP contribution in [0.15, 0.2) is 4.79 Å². The van der Waals surface area contributed by atoms with Crippen molar-refractivity contribution in [3.63, 3.8) is 0 Å². The van der Waals surface area contributed by atoms with Crippen LogP contribution in [0.4, 0.5) is 0 Å². The lowest BCUT2D eigenvalue weighted by Crippen LogP contribution is -2.15. The topological polar surface area (TPSA) is 87.6 Å². The van der Waals surface area contributed by atoms with Gasteiger partial charge in [-0.1, -0.05) is 13.8 Å². The van der Waals surface area contributed by atoms with Gasteiger partial charge in [-0.05, 0) is 31.2 Å². The summed E-state index contributed by atoms with van der Waals surface area (Å²) in [5.74, 6) is 1.97. The number of aromatic nitrogens is 3. The number of nitrogens with one attached hydrogen (secondary N) is 2. The van der Waals surface area contributed by atoms with Gasteiger partial charge in [-0.2, -0.15) is 5.10 Å². The van der Waals surface area contributed by atoms with Gasteiger partial charge >= 0.3 is 5.69 Å². The molecule has 0 aliphatic carbocycles. The maximum Gasteiger partial charge on any atom is 0.340 e. The molecular formula is C10H20N4O. The van der Waals surface area contributed by atoms with Gasteiger partial charge in [-0.25, -0.2) is 9.89 Å². The summed E-state index contributed by atoms with van der Waals surface area (Å²) in [7, 11) is 0. The number of aromatic amines is 2. The molecule has 5 nitrogen and oxygen atoms in total. The fourth-order valence-electron chi connectivity index (χ4n) is 1.77. The molecule has 0 radical (unpaired) electrons. The summed E-state index contributed by atoms with van der Waals surface area (Å²) in [6.07, 6.45) is 2.86. The van der Waals surface area contributed by atoms with E-state index in [9.17, 15) is 4.79 Å². The van der Waals surface area contributed by atoms with Crippen molar-refractivity contribution in [3.05, 3.63) is 16.3 Å². The largest absolute Gasteiger partial charge is 0.340 e. The minimum Gasteiger partial charge on any atom is -0.330 e. The Balaban J connectivity index is 2.43. The predicted molar refractivity (Wildman–Crippen MR) is 59.5 cm³/mol. The van der Waals surface area contributed by atoms with Crippen molar-refractivity contribution in [1.82, 2.24) is 15.2 Å². The van der Waals surface area contributed by atoms with Crippen LogP contribution in [0.1, 0.15) is 32.5 Å². The molecule has 86 valence electrons. The van der Waals surface area contributed by atoms with Crippen LogP contribution in [-0.4, -0.2) is 21.7 Å². The van der Waals surface area contributed by atoms with Crippen molar-refractivity contribution in [2.24, 2.45) is 17.6 Å². The zero-order valence-electron chi connectivity index (χ0n) is 9.42. The van der Waals surface area contributed by atoms with Crippen LogP contribution in [0.5, 0.6) is 0 Å². The van der Waals surface area contributed by atoms with Crippen molar-refractivity contribution in [2.75, 3.05) is 6.54 Å². The van der Waals surface area contributed by atoms with E-state index in [2.05, 4.69) is 29.0 Å². The molecule has 1 unspecified atom stereocenters. The van der Waals surface area contributed by atoms with E-state index in [0.29, 0.717) is 11.8 Å². The average molecular weight is 212 g/mol. The molecule has 1 rings (SSSR count). The summed E-state index contributed by atoms with van der Waals surface area (Å²) in [5.41, 5.74) is 5.33. The first-order valence-electron chi connectivity index (χ1n) is 5.47. The van der Waals surface area contributed by atoms with Crippen molar-refractivity contribution in [3.8, 4) is 0 Å². The maximum atomic E-state index is 10.8. The number of hydrogen-bond donors (Lipinski definition) is 3. The Labute approximate surface area is 89.5 Å². The lowest BCUT2D eigenvalue weighted by Gasteiger charge is -2.19. The van der Waals surface area contributed by atoms with Crippen LogP contribution < -0.4 is 11.4 Å². The predicted octanol–water partition coefficient (Wildman–Crippen LogP) is 0.652. The summed E-state index contributed by atoms with van der Waals surface area (Å²) >= 11 is 0. The normalized spacial score (nSPS) is 13.3. The molecule has 0 spiro atoms. The highest BCUT2D eigenvalue weighted by Gasteiger charge is 2.13. The van der Waals surface area contributed by atoms with Gasteiger partial charge in [0.2, 0.25) is 0 Å². The third kappa shape index (κ3) is 3.87. The van der Waals surface area contributed by atoms with E-state index in [0.717, 1.165) is 31.6 Å². The lowest BCUT2D eigenvalue weighted by molar-refractivity contribution is 0.339. The first kappa shape index (κ1) is 12.0. The van der Waals surface area contributed by atoms with Gasteiger partial charge in [0.25, 0.3) is 0 Å². The molecule has 0 saturated heterocycles. The highest BCUT2D eigenvalue weighted by Crippen LogP contribution is 2.19. The molecule has 1 aromatic rings. The van der Waals surface area contributed by atoms with E-state index in [4.69, 9.17) is 5.73 Å². The monoisotopic (exact) mass is 212 g/mol. The molecule has 1 aromatic heterocycles. The van der Waals surface area contributed by atoms with E-state index in [-0.39, 0.29) is 5.69 Å². The zero-order valence-corrected chi connectivity index (χ0v) is 9.42. The highest BCUT2D eigenvalue weighted by molar-refractivity contribution is 4.82. The summed E-state index contributed by atoms with van der Waals surface area (Å²) in [6, 6.07) is 0. The molecule has 15 heavy (non-hydrogen) atoms. The van der Waals surface area contributed by atoms with E-state index in [1.165, 1.54) is 0 Å². The van der Waals surface area contributed by atoms with Crippen LogP contribution >= 0.6 is 0 Å². The molecule has 0 saturated carbocycles. The molecule has 4 N–H and O–H groups in total. The van der Waals surface area contributed by atoms with Gasteiger partial charge in [0.05, 0.1) is 0 Å². The van der Waals surface area contributed by atoms with Crippen LogP contribution in [0, 0.1) is 11.8 Å². The molecular weight excluding hydrogens is 192 g/mol. The van der Waals surface area contributed by atoms with Crippen LogP contribution in [0.2, 0.25) is 0 Å². The molecule has 1 atom stereocenters. The van der Waals surface area contributed by atoms with Crippen LogP contribution in [-0.2, 0) is 6.42 Å². The zero-order chi connectivity index (χ0) is 11.3. The number of aryl methyl sites for hydroxylation is 1. The van der Waals surface area contributed by atoms with Gasteiger partial charge in [0.1, 0.15) is 5.82 Å². The number of rotatable bonds is 6. The summed E-state index contributed by atoms with van der Waals surface area (Å²) in [4.78, 5) is 13.5. The van der Waals surface area contributed by atoms with Crippen LogP contribution in [0.25, 0.3) is 0 Å². The third-order valence-electron chi connectivity index (χ3n) is 2.78. The maximum absolute atomic E-state index is 10.8. The summed E-state index contributed by atoms with van der Waals surface area (Å²) < 4.78 is 0. The van der Waals surface area contributed by atoms with Crippen LogP contribution in [0.3, 0.4) is 0 Å². The Morgan fingerprint density at radius 1 is 1.40 bits per heavy atom. The van der Waals surface area contributed by atoms with Crippen molar-refractivity contribution < 1.29 is 0 Å². The number of nitrogens with two attached hydrogens (primary N) is 1. The van der Waals surface area contributed by atoms with Crippen molar-refractivity contribution >= 4 is 0 Å².